The molecule has 0 amide bonds. The van der Waals surface area contributed by atoms with Crippen LogP contribution in [-0.2, 0) is 14.9 Å². The van der Waals surface area contributed by atoms with E-state index in [4.69, 9.17) is 9.47 Å². The monoisotopic (exact) mass is 348 g/mol. The van der Waals surface area contributed by atoms with Gasteiger partial charge in [0.2, 0.25) is 0 Å². The fourth-order valence-electron chi connectivity index (χ4n) is 4.45. The normalized spacial score (nSPS) is 14.5. The molecule has 0 unspecified atom stereocenters. The topological polar surface area (TPSA) is 38.7 Å². The number of hydrogen-bond acceptors (Lipinski definition) is 3. The maximum Gasteiger partial charge on any atom is 0.123 e. The van der Waals surface area contributed by atoms with Crippen molar-refractivity contribution in [2.24, 2.45) is 0 Å². The van der Waals surface area contributed by atoms with Crippen LogP contribution >= 0.6 is 0 Å². The summed E-state index contributed by atoms with van der Waals surface area (Å²) in [5, 5.41) is 12.7. The van der Waals surface area contributed by atoms with Crippen molar-refractivity contribution in [2.45, 2.75) is 19.3 Å². The second-order valence-corrected chi connectivity index (χ2v) is 7.36. The van der Waals surface area contributed by atoms with Crippen LogP contribution in [0.3, 0.4) is 0 Å². The number of aryl methyl sites for hydroxylation is 2. The first-order chi connectivity index (χ1) is 12.5. The zero-order valence-corrected chi connectivity index (χ0v) is 15.7. The molecule has 0 heterocycles. The summed E-state index contributed by atoms with van der Waals surface area (Å²) in [4.78, 5) is 0. The van der Waals surface area contributed by atoms with Crippen LogP contribution in [0.4, 0.5) is 0 Å². The lowest BCUT2D eigenvalue weighted by molar-refractivity contribution is 0.0814. The summed E-state index contributed by atoms with van der Waals surface area (Å²) < 4.78 is 11.3. The Morgan fingerprint density at radius 1 is 0.808 bits per heavy atom. The molecule has 1 N–H and O–H groups in total. The van der Waals surface area contributed by atoms with E-state index in [2.05, 4.69) is 37.3 Å². The van der Waals surface area contributed by atoms with E-state index in [0.717, 1.165) is 21.9 Å². The molecule has 0 saturated heterocycles. The average molecular weight is 348 g/mol. The molecule has 3 heteroatoms. The summed E-state index contributed by atoms with van der Waals surface area (Å²) in [7, 11) is 3.43. The summed E-state index contributed by atoms with van der Waals surface area (Å²) in [6.07, 6.45) is 0. The number of benzene rings is 3. The Balaban J connectivity index is 2.16. The predicted octanol–water partition coefficient (Wildman–Crippen LogP) is 4.72. The maximum atomic E-state index is 10.8. The van der Waals surface area contributed by atoms with Crippen LogP contribution in [0.25, 0.3) is 21.9 Å². The van der Waals surface area contributed by atoms with Crippen LogP contribution in [0.15, 0.2) is 42.5 Å². The molecular formula is C23H24O3. The van der Waals surface area contributed by atoms with Crippen molar-refractivity contribution in [1.82, 2.24) is 0 Å². The summed E-state index contributed by atoms with van der Waals surface area (Å²) in [5.74, 6) is 0.309. The van der Waals surface area contributed by atoms with Crippen molar-refractivity contribution < 1.29 is 14.6 Å². The summed E-state index contributed by atoms with van der Waals surface area (Å²) >= 11 is 0. The molecule has 0 atom stereocenters. The lowest BCUT2D eigenvalue weighted by Gasteiger charge is -2.31. The molecular weight excluding hydrogens is 324 g/mol. The van der Waals surface area contributed by atoms with Crippen molar-refractivity contribution in [3.8, 4) is 16.9 Å². The highest BCUT2D eigenvalue weighted by atomic mass is 16.5. The van der Waals surface area contributed by atoms with E-state index < -0.39 is 5.41 Å². The SMILES string of the molecule is COCC1(COC)c2cc(C)ccc2-c2c1cc(O)c1cc(C)ccc21. The Morgan fingerprint density at radius 2 is 1.46 bits per heavy atom. The zero-order chi connectivity index (χ0) is 18.5. The number of fused-ring (bicyclic) bond motifs is 5. The molecule has 0 saturated carbocycles. The largest absolute Gasteiger partial charge is 0.507 e. The molecule has 1 aliphatic carbocycles. The van der Waals surface area contributed by atoms with E-state index in [1.807, 2.05) is 19.1 Å². The van der Waals surface area contributed by atoms with Gasteiger partial charge in [-0.05, 0) is 53.6 Å². The smallest absolute Gasteiger partial charge is 0.123 e. The van der Waals surface area contributed by atoms with Gasteiger partial charge in [-0.3, -0.25) is 0 Å². The molecule has 26 heavy (non-hydrogen) atoms. The third-order valence-electron chi connectivity index (χ3n) is 5.53. The van der Waals surface area contributed by atoms with Gasteiger partial charge < -0.3 is 14.6 Å². The van der Waals surface area contributed by atoms with Crippen molar-refractivity contribution in [2.75, 3.05) is 27.4 Å². The Kier molecular flexibility index (Phi) is 4.02. The fraction of sp³-hybridized carbons (Fsp3) is 0.304. The van der Waals surface area contributed by atoms with Gasteiger partial charge >= 0.3 is 0 Å². The summed E-state index contributed by atoms with van der Waals surface area (Å²) in [6, 6.07) is 14.7. The molecule has 0 aliphatic heterocycles. The summed E-state index contributed by atoms with van der Waals surface area (Å²) in [5.41, 5.74) is 6.60. The van der Waals surface area contributed by atoms with Crippen molar-refractivity contribution >= 4 is 10.8 Å². The number of rotatable bonds is 4. The fourth-order valence-corrected chi connectivity index (χ4v) is 4.45. The highest BCUT2D eigenvalue weighted by Crippen LogP contribution is 2.53. The number of methoxy groups -OCH3 is 2. The van der Waals surface area contributed by atoms with Gasteiger partial charge in [0.1, 0.15) is 5.75 Å². The van der Waals surface area contributed by atoms with Crippen molar-refractivity contribution in [1.29, 1.82) is 0 Å². The van der Waals surface area contributed by atoms with Gasteiger partial charge in [-0.1, -0.05) is 41.5 Å². The minimum Gasteiger partial charge on any atom is -0.507 e. The first-order valence-corrected chi connectivity index (χ1v) is 8.88. The van der Waals surface area contributed by atoms with Crippen LogP contribution in [-0.4, -0.2) is 32.5 Å². The van der Waals surface area contributed by atoms with E-state index in [0.29, 0.717) is 19.0 Å². The Morgan fingerprint density at radius 3 is 2.15 bits per heavy atom. The van der Waals surface area contributed by atoms with Gasteiger partial charge in [0.25, 0.3) is 0 Å². The van der Waals surface area contributed by atoms with Crippen LogP contribution < -0.4 is 0 Å². The van der Waals surface area contributed by atoms with Crippen LogP contribution in [0.5, 0.6) is 5.75 Å². The van der Waals surface area contributed by atoms with E-state index in [-0.39, 0.29) is 0 Å². The second kappa shape index (κ2) is 6.11. The highest BCUT2D eigenvalue weighted by molar-refractivity contribution is 6.05. The number of phenolic OH excluding ortho intramolecular Hbond substituents is 1. The predicted molar refractivity (Wildman–Crippen MR) is 105 cm³/mol. The average Bonchev–Trinajstić information content (AvgIpc) is 2.86. The standard InChI is InChI=1S/C23H24O3/c1-14-5-7-16-18(9-14)21(24)11-20-22(16)17-8-6-15(2)10-19(17)23(20,12-25-3)13-26-4/h5-11,24H,12-13H2,1-4H3. The van der Waals surface area contributed by atoms with Crippen LogP contribution in [0.1, 0.15) is 22.3 Å². The minimum absolute atomic E-state index is 0.309. The number of hydrogen-bond donors (Lipinski definition) is 1. The van der Waals surface area contributed by atoms with Gasteiger partial charge in [0.05, 0.1) is 18.6 Å². The Labute approximate surface area is 154 Å². The number of aromatic hydroxyl groups is 1. The summed E-state index contributed by atoms with van der Waals surface area (Å²) in [6.45, 7) is 5.15. The Bertz CT molecular complexity index is 998. The first-order valence-electron chi connectivity index (χ1n) is 8.88. The van der Waals surface area contributed by atoms with Crippen LogP contribution in [0, 0.1) is 13.8 Å². The van der Waals surface area contributed by atoms with Gasteiger partial charge in [-0.2, -0.15) is 0 Å². The van der Waals surface area contributed by atoms with Gasteiger partial charge in [-0.25, -0.2) is 0 Å². The molecule has 134 valence electrons. The molecule has 0 radical (unpaired) electrons. The molecule has 0 fully saturated rings. The van der Waals surface area contributed by atoms with Crippen molar-refractivity contribution in [3.05, 3.63) is 64.7 Å². The molecule has 1 aliphatic rings. The zero-order valence-electron chi connectivity index (χ0n) is 15.7. The lowest BCUT2D eigenvalue weighted by Crippen LogP contribution is -2.35. The third-order valence-corrected chi connectivity index (χ3v) is 5.53. The molecule has 4 rings (SSSR count). The van der Waals surface area contributed by atoms with E-state index >= 15 is 0 Å². The van der Waals surface area contributed by atoms with Crippen molar-refractivity contribution in [3.63, 3.8) is 0 Å². The van der Waals surface area contributed by atoms with E-state index in [1.54, 1.807) is 14.2 Å². The molecule has 3 aromatic rings. The van der Waals surface area contributed by atoms with E-state index in [1.165, 1.54) is 22.3 Å². The molecule has 0 aromatic heterocycles. The molecule has 0 spiro atoms. The highest BCUT2D eigenvalue weighted by Gasteiger charge is 2.45. The first kappa shape index (κ1) is 17.1. The van der Waals surface area contributed by atoms with Crippen LogP contribution in [0.2, 0.25) is 0 Å². The molecule has 3 aromatic carbocycles. The van der Waals surface area contributed by atoms with E-state index in [9.17, 15) is 5.11 Å². The number of ether oxygens (including phenoxy) is 2. The minimum atomic E-state index is -0.420. The second-order valence-electron chi connectivity index (χ2n) is 7.36. The number of phenols is 1. The van der Waals surface area contributed by atoms with Gasteiger partial charge in [0.15, 0.2) is 0 Å². The quantitative estimate of drug-likeness (QED) is 0.741. The maximum absolute atomic E-state index is 10.8. The molecule has 3 nitrogen and oxygen atoms in total. The molecule has 0 bridgehead atoms. The van der Waals surface area contributed by atoms with Gasteiger partial charge in [0, 0.05) is 19.6 Å². The third kappa shape index (κ3) is 2.28. The van der Waals surface area contributed by atoms with Gasteiger partial charge in [-0.15, -0.1) is 0 Å². The lowest BCUT2D eigenvalue weighted by atomic mass is 9.78. The Hall–Kier alpha value is -2.36.